The molecule has 2 N–H and O–H groups in total. The topological polar surface area (TPSA) is 65.8 Å². The normalized spacial score (nSPS) is 13.6. The molecule has 6 heteroatoms. The number of rotatable bonds is 2. The molecule has 0 saturated carbocycles. The highest BCUT2D eigenvalue weighted by Gasteiger charge is 2.25. The summed E-state index contributed by atoms with van der Waals surface area (Å²) in [6, 6.07) is 9.68. The highest BCUT2D eigenvalue weighted by atomic mass is 19.1. The van der Waals surface area contributed by atoms with E-state index in [2.05, 4.69) is 23.0 Å². The molecule has 2 heterocycles. The van der Waals surface area contributed by atoms with E-state index in [-0.39, 0.29) is 11.6 Å². The third-order valence-electron chi connectivity index (χ3n) is 5.98. The minimum atomic E-state index is -0.399. The van der Waals surface area contributed by atoms with Crippen LogP contribution in [0.1, 0.15) is 47.3 Å². The Morgan fingerprint density at radius 3 is 2.72 bits per heavy atom. The molecule has 0 aliphatic heterocycles. The van der Waals surface area contributed by atoms with Crippen LogP contribution >= 0.6 is 0 Å². The fourth-order valence-corrected chi connectivity index (χ4v) is 4.69. The third kappa shape index (κ3) is 3.31. The van der Waals surface area contributed by atoms with E-state index in [1.165, 1.54) is 12.1 Å². The molecule has 1 unspecified atom stereocenters. The molecule has 5 rings (SSSR count). The van der Waals surface area contributed by atoms with Crippen LogP contribution in [0.25, 0.3) is 16.5 Å². The summed E-state index contributed by atoms with van der Waals surface area (Å²) in [5, 5.41) is 5.68. The molecular weight excluding hydrogens is 403 g/mol. The van der Waals surface area contributed by atoms with E-state index in [4.69, 9.17) is 5.73 Å². The monoisotopic (exact) mass is 426 g/mol. The molecule has 1 atom stereocenters. The Kier molecular flexibility index (Phi) is 4.91. The second-order valence-corrected chi connectivity index (χ2v) is 8.30. The highest BCUT2D eigenvalue weighted by Crippen LogP contribution is 2.35. The lowest BCUT2D eigenvalue weighted by atomic mass is 9.85. The van der Waals surface area contributed by atoms with E-state index < -0.39 is 5.82 Å². The van der Waals surface area contributed by atoms with Gasteiger partial charge in [-0.3, -0.25) is 14.0 Å². The summed E-state index contributed by atoms with van der Waals surface area (Å²) < 4.78 is 17.4. The molecule has 2 aromatic heterocycles. The van der Waals surface area contributed by atoms with Crippen LogP contribution in [0.3, 0.4) is 0 Å². The maximum Gasteiger partial charge on any atom is 0.264 e. The Labute approximate surface area is 185 Å². The number of aromatic nitrogens is 3. The molecule has 0 amide bonds. The maximum atomic E-state index is 14.1. The Morgan fingerprint density at radius 2 is 2.00 bits per heavy atom. The molecule has 0 bridgehead atoms. The smallest absolute Gasteiger partial charge is 0.264 e. The predicted molar refractivity (Wildman–Crippen MR) is 123 cm³/mol. The first kappa shape index (κ1) is 20.2. The molecule has 1 aliphatic rings. The molecule has 160 valence electrons. The molecule has 1 aliphatic carbocycles. The van der Waals surface area contributed by atoms with Crippen LogP contribution in [-0.4, -0.2) is 14.3 Å². The number of benzene rings is 2. The first-order valence-corrected chi connectivity index (χ1v) is 10.7. The Bertz CT molecular complexity index is 1480. The number of pyridine rings is 1. The van der Waals surface area contributed by atoms with Gasteiger partial charge in [0.15, 0.2) is 0 Å². The van der Waals surface area contributed by atoms with Gasteiger partial charge in [0.2, 0.25) is 0 Å². The van der Waals surface area contributed by atoms with Crippen molar-refractivity contribution >= 4 is 10.8 Å². The minimum absolute atomic E-state index is 0.221. The van der Waals surface area contributed by atoms with Gasteiger partial charge in [-0.15, -0.1) is 0 Å². The van der Waals surface area contributed by atoms with Crippen molar-refractivity contribution < 1.29 is 4.39 Å². The van der Waals surface area contributed by atoms with Crippen LogP contribution in [0.15, 0.2) is 53.6 Å². The summed E-state index contributed by atoms with van der Waals surface area (Å²) in [5.74, 6) is 5.89. The summed E-state index contributed by atoms with van der Waals surface area (Å²) >= 11 is 0. The van der Waals surface area contributed by atoms with E-state index in [0.29, 0.717) is 16.6 Å². The van der Waals surface area contributed by atoms with E-state index in [0.717, 1.165) is 47.0 Å². The van der Waals surface area contributed by atoms with E-state index in [9.17, 15) is 9.18 Å². The van der Waals surface area contributed by atoms with Crippen LogP contribution in [0.2, 0.25) is 0 Å². The second kappa shape index (κ2) is 7.77. The first-order valence-electron chi connectivity index (χ1n) is 10.7. The summed E-state index contributed by atoms with van der Waals surface area (Å²) in [6.07, 6.45) is 6.22. The molecule has 0 spiro atoms. The number of nitrogens with zero attached hydrogens (tertiary/aromatic N) is 3. The van der Waals surface area contributed by atoms with Crippen molar-refractivity contribution in [1.82, 2.24) is 14.3 Å². The number of hydrogen-bond donors (Lipinski definition) is 1. The lowest BCUT2D eigenvalue weighted by Gasteiger charge is -2.26. The van der Waals surface area contributed by atoms with Crippen molar-refractivity contribution in [3.63, 3.8) is 0 Å². The molecule has 32 heavy (non-hydrogen) atoms. The zero-order valence-electron chi connectivity index (χ0n) is 18.0. The molecule has 4 aromatic rings. The quantitative estimate of drug-likeness (QED) is 0.496. The van der Waals surface area contributed by atoms with Crippen LogP contribution in [-0.2, 0) is 19.9 Å². The summed E-state index contributed by atoms with van der Waals surface area (Å²) in [5.41, 5.74) is 11.0. The van der Waals surface area contributed by atoms with Gasteiger partial charge < -0.3 is 5.73 Å². The molecule has 2 aromatic carbocycles. The third-order valence-corrected chi connectivity index (χ3v) is 5.98. The van der Waals surface area contributed by atoms with Gasteiger partial charge in [-0.25, -0.2) is 4.39 Å². The average molecular weight is 426 g/mol. The second-order valence-electron chi connectivity index (χ2n) is 8.30. The summed E-state index contributed by atoms with van der Waals surface area (Å²) in [6.45, 7) is 1.87. The maximum absolute atomic E-state index is 14.1. The molecule has 0 saturated heterocycles. The van der Waals surface area contributed by atoms with Crippen molar-refractivity contribution in [3.05, 3.63) is 92.9 Å². The van der Waals surface area contributed by atoms with Crippen LogP contribution in [0, 0.1) is 17.7 Å². The number of aryl methyl sites for hydroxylation is 3. The lowest BCUT2D eigenvalue weighted by molar-refractivity contribution is 0.624. The van der Waals surface area contributed by atoms with Gasteiger partial charge in [0.25, 0.3) is 5.56 Å². The first-order chi connectivity index (χ1) is 15.4. The van der Waals surface area contributed by atoms with Crippen molar-refractivity contribution in [2.75, 3.05) is 0 Å². The fraction of sp³-hybridized carbons (Fsp3) is 0.231. The fourth-order valence-electron chi connectivity index (χ4n) is 4.69. The number of hydrogen-bond acceptors (Lipinski definition) is 3. The van der Waals surface area contributed by atoms with Gasteiger partial charge in [-0.1, -0.05) is 24.0 Å². The van der Waals surface area contributed by atoms with Crippen molar-refractivity contribution in [1.29, 1.82) is 0 Å². The molecule has 0 radical (unpaired) electrons. The SMILES string of the molecule is CC(N)c1c2c3c(ccc(C#Cc4cnn(C)c4)c3c(=O)n1-c1cccc(F)c1)CCC2. The lowest BCUT2D eigenvalue weighted by Crippen LogP contribution is -2.29. The van der Waals surface area contributed by atoms with Gasteiger partial charge in [-0.2, -0.15) is 5.10 Å². The van der Waals surface area contributed by atoms with Crippen molar-refractivity contribution in [3.8, 4) is 17.5 Å². The van der Waals surface area contributed by atoms with Gasteiger partial charge in [-0.05, 0) is 67.0 Å². The van der Waals surface area contributed by atoms with Gasteiger partial charge in [0, 0.05) is 30.5 Å². The summed E-state index contributed by atoms with van der Waals surface area (Å²) in [7, 11) is 1.83. The number of halogens is 1. The van der Waals surface area contributed by atoms with Gasteiger partial charge in [0.05, 0.1) is 22.8 Å². The van der Waals surface area contributed by atoms with Crippen molar-refractivity contribution in [2.45, 2.75) is 32.2 Å². The Balaban J connectivity index is 1.89. The van der Waals surface area contributed by atoms with Crippen LogP contribution in [0.5, 0.6) is 0 Å². The average Bonchev–Trinajstić information content (AvgIpc) is 3.19. The highest BCUT2D eigenvalue weighted by molar-refractivity contribution is 5.94. The minimum Gasteiger partial charge on any atom is -0.323 e. The van der Waals surface area contributed by atoms with Crippen molar-refractivity contribution in [2.24, 2.45) is 12.8 Å². The molecule has 5 nitrogen and oxygen atoms in total. The predicted octanol–water partition coefficient (Wildman–Crippen LogP) is 3.77. The molecule has 0 fully saturated rings. The van der Waals surface area contributed by atoms with E-state index >= 15 is 0 Å². The van der Waals surface area contributed by atoms with Crippen LogP contribution < -0.4 is 11.3 Å². The van der Waals surface area contributed by atoms with E-state index in [1.807, 2.05) is 26.2 Å². The zero-order chi connectivity index (χ0) is 22.4. The number of nitrogens with two attached hydrogens (primary N) is 1. The zero-order valence-corrected chi connectivity index (χ0v) is 18.0. The van der Waals surface area contributed by atoms with E-state index in [1.54, 1.807) is 27.6 Å². The Morgan fingerprint density at radius 1 is 1.16 bits per heavy atom. The summed E-state index contributed by atoms with van der Waals surface area (Å²) in [4.78, 5) is 13.9. The van der Waals surface area contributed by atoms with Gasteiger partial charge >= 0.3 is 0 Å². The molecular formula is C26H23FN4O. The standard InChI is InChI=1S/C26H23FN4O/c1-16(28)25-22-8-3-5-18-11-12-19(10-9-17-14-29-30(2)15-17)24(23(18)22)26(32)31(25)21-7-4-6-20(27)13-21/h4,6-7,11-16H,3,5,8,28H2,1-2H3. The Hall–Kier alpha value is -3.69. The van der Waals surface area contributed by atoms with Gasteiger partial charge in [0.1, 0.15) is 5.82 Å². The van der Waals surface area contributed by atoms with Crippen LogP contribution in [0.4, 0.5) is 4.39 Å². The largest absolute Gasteiger partial charge is 0.323 e.